The van der Waals surface area contributed by atoms with Gasteiger partial charge in [-0.3, -0.25) is 9.59 Å². The Bertz CT molecular complexity index is 277. The van der Waals surface area contributed by atoms with Gasteiger partial charge < -0.3 is 10.0 Å². The van der Waals surface area contributed by atoms with Gasteiger partial charge in [0.15, 0.2) is 0 Å². The predicted octanol–water partition coefficient (Wildman–Crippen LogP) is 0.718. The zero-order valence-corrected chi connectivity index (χ0v) is 8.27. The molecule has 1 saturated carbocycles. The number of likely N-dealkylation sites (tertiary alicyclic amines) is 1. The number of piperidine rings is 1. The molecule has 0 aromatic heterocycles. The number of carboxylic acids is 1. The van der Waals surface area contributed by atoms with Gasteiger partial charge in [-0.05, 0) is 32.1 Å². The molecule has 3 unspecified atom stereocenters. The van der Waals surface area contributed by atoms with Crippen LogP contribution in [0.4, 0.5) is 0 Å². The van der Waals surface area contributed by atoms with Crippen molar-refractivity contribution in [3.8, 4) is 0 Å². The highest BCUT2D eigenvalue weighted by Crippen LogP contribution is 2.37. The maximum atomic E-state index is 11.7. The van der Waals surface area contributed by atoms with Gasteiger partial charge in [-0.1, -0.05) is 0 Å². The van der Waals surface area contributed by atoms with Gasteiger partial charge in [-0.15, -0.1) is 0 Å². The summed E-state index contributed by atoms with van der Waals surface area (Å²) in [6.45, 7) is 2.25. The molecule has 78 valence electrons. The number of aliphatic carboxylic acids is 1. The summed E-state index contributed by atoms with van der Waals surface area (Å²) in [4.78, 5) is 24.1. The highest BCUT2D eigenvalue weighted by Gasteiger charge is 2.42. The van der Waals surface area contributed by atoms with Crippen LogP contribution in [0.5, 0.6) is 0 Å². The first kappa shape index (κ1) is 9.49. The van der Waals surface area contributed by atoms with Gasteiger partial charge >= 0.3 is 5.97 Å². The molecule has 2 rings (SSSR count). The predicted molar refractivity (Wildman–Crippen MR) is 49.6 cm³/mol. The van der Waals surface area contributed by atoms with E-state index in [1.165, 1.54) is 13.3 Å². The SMILES string of the molecule is CC(C(=O)O)C(=O)N1CC2CCC1C2. The van der Waals surface area contributed by atoms with E-state index < -0.39 is 11.9 Å². The fourth-order valence-electron chi connectivity index (χ4n) is 2.55. The van der Waals surface area contributed by atoms with Gasteiger partial charge in [-0.25, -0.2) is 0 Å². The minimum atomic E-state index is -1.02. The molecule has 1 aliphatic carbocycles. The van der Waals surface area contributed by atoms with Gasteiger partial charge in [0.25, 0.3) is 0 Å². The quantitative estimate of drug-likeness (QED) is 0.663. The Labute approximate surface area is 82.9 Å². The second-order valence-corrected chi connectivity index (χ2v) is 4.38. The Kier molecular flexibility index (Phi) is 2.21. The van der Waals surface area contributed by atoms with E-state index in [0.717, 1.165) is 19.4 Å². The first-order valence-electron chi connectivity index (χ1n) is 5.13. The van der Waals surface area contributed by atoms with E-state index in [1.807, 2.05) is 0 Å². The van der Waals surface area contributed by atoms with Crippen LogP contribution >= 0.6 is 0 Å². The molecule has 0 aromatic carbocycles. The van der Waals surface area contributed by atoms with E-state index in [0.29, 0.717) is 12.0 Å². The number of hydrogen-bond acceptors (Lipinski definition) is 2. The average molecular weight is 197 g/mol. The third-order valence-electron chi connectivity index (χ3n) is 3.43. The van der Waals surface area contributed by atoms with Crippen molar-refractivity contribution >= 4 is 11.9 Å². The lowest BCUT2D eigenvalue weighted by Crippen LogP contribution is -2.42. The summed E-state index contributed by atoms with van der Waals surface area (Å²) in [5, 5.41) is 8.74. The molecule has 4 nitrogen and oxygen atoms in total. The Morgan fingerprint density at radius 1 is 1.43 bits per heavy atom. The number of carbonyl (C=O) groups excluding carboxylic acids is 1. The van der Waals surface area contributed by atoms with Crippen molar-refractivity contribution in [3.05, 3.63) is 0 Å². The molecular weight excluding hydrogens is 182 g/mol. The van der Waals surface area contributed by atoms with E-state index in [1.54, 1.807) is 4.90 Å². The molecule has 14 heavy (non-hydrogen) atoms. The number of hydrogen-bond donors (Lipinski definition) is 1. The molecule has 2 bridgehead atoms. The van der Waals surface area contributed by atoms with Gasteiger partial charge in [0.1, 0.15) is 5.92 Å². The normalized spacial score (nSPS) is 31.9. The lowest BCUT2D eigenvalue weighted by Gasteiger charge is -2.28. The molecule has 2 fully saturated rings. The highest BCUT2D eigenvalue weighted by atomic mass is 16.4. The molecule has 0 radical (unpaired) electrons. The number of fused-ring (bicyclic) bond motifs is 2. The maximum Gasteiger partial charge on any atom is 0.315 e. The lowest BCUT2D eigenvalue weighted by atomic mass is 10.1. The van der Waals surface area contributed by atoms with Gasteiger partial charge in [0, 0.05) is 12.6 Å². The van der Waals surface area contributed by atoms with E-state index in [9.17, 15) is 9.59 Å². The fraction of sp³-hybridized carbons (Fsp3) is 0.800. The minimum Gasteiger partial charge on any atom is -0.481 e. The first-order chi connectivity index (χ1) is 6.59. The van der Waals surface area contributed by atoms with Crippen molar-refractivity contribution in [2.75, 3.05) is 6.54 Å². The van der Waals surface area contributed by atoms with E-state index in [4.69, 9.17) is 5.11 Å². The van der Waals surface area contributed by atoms with Gasteiger partial charge in [0.05, 0.1) is 0 Å². The van der Waals surface area contributed by atoms with Crippen LogP contribution in [0.3, 0.4) is 0 Å². The standard InChI is InChI=1S/C10H15NO3/c1-6(10(13)14)9(12)11-5-7-2-3-8(11)4-7/h6-8H,2-5H2,1H3,(H,13,14). The fourth-order valence-corrected chi connectivity index (χ4v) is 2.55. The molecule has 3 atom stereocenters. The number of nitrogens with zero attached hydrogens (tertiary/aromatic N) is 1. The molecule has 1 saturated heterocycles. The van der Waals surface area contributed by atoms with Crippen LogP contribution < -0.4 is 0 Å². The third-order valence-corrected chi connectivity index (χ3v) is 3.43. The summed E-state index contributed by atoms with van der Waals surface area (Å²) in [6, 6.07) is 0.328. The molecule has 1 amide bonds. The topological polar surface area (TPSA) is 57.6 Å². The van der Waals surface area contributed by atoms with Crippen LogP contribution in [0.2, 0.25) is 0 Å². The largest absolute Gasteiger partial charge is 0.481 e. The number of carbonyl (C=O) groups is 2. The van der Waals surface area contributed by atoms with Crippen LogP contribution in [-0.2, 0) is 9.59 Å². The number of rotatable bonds is 2. The molecular formula is C10H15NO3. The molecule has 4 heteroatoms. The summed E-state index contributed by atoms with van der Waals surface area (Å²) in [7, 11) is 0. The van der Waals surface area contributed by atoms with Crippen molar-refractivity contribution < 1.29 is 14.7 Å². The molecule has 0 aromatic rings. The first-order valence-corrected chi connectivity index (χ1v) is 5.13. The van der Waals surface area contributed by atoms with Crippen molar-refractivity contribution in [2.45, 2.75) is 32.2 Å². The zero-order chi connectivity index (χ0) is 10.3. The van der Waals surface area contributed by atoms with Crippen molar-refractivity contribution in [3.63, 3.8) is 0 Å². The van der Waals surface area contributed by atoms with Crippen LogP contribution in [0.15, 0.2) is 0 Å². The van der Waals surface area contributed by atoms with Crippen LogP contribution in [0, 0.1) is 11.8 Å². The molecule has 1 heterocycles. The smallest absolute Gasteiger partial charge is 0.315 e. The Morgan fingerprint density at radius 3 is 2.57 bits per heavy atom. The number of amides is 1. The molecule has 1 aliphatic heterocycles. The summed E-state index contributed by atoms with van der Waals surface area (Å²) >= 11 is 0. The molecule has 2 aliphatic rings. The lowest BCUT2D eigenvalue weighted by molar-refractivity contribution is -0.151. The molecule has 0 spiro atoms. The average Bonchev–Trinajstić information content (AvgIpc) is 2.76. The summed E-state index contributed by atoms with van der Waals surface area (Å²) in [5.41, 5.74) is 0. The molecule has 1 N–H and O–H groups in total. The second-order valence-electron chi connectivity index (χ2n) is 4.38. The maximum absolute atomic E-state index is 11.7. The van der Waals surface area contributed by atoms with Crippen molar-refractivity contribution in [2.24, 2.45) is 11.8 Å². The second kappa shape index (κ2) is 3.26. The zero-order valence-electron chi connectivity index (χ0n) is 8.27. The minimum absolute atomic E-state index is 0.204. The Morgan fingerprint density at radius 2 is 2.14 bits per heavy atom. The monoisotopic (exact) mass is 197 g/mol. The summed E-state index contributed by atoms with van der Waals surface area (Å²) in [6.07, 6.45) is 3.34. The van der Waals surface area contributed by atoms with E-state index in [2.05, 4.69) is 0 Å². The van der Waals surface area contributed by atoms with Crippen LogP contribution in [0.1, 0.15) is 26.2 Å². The Balaban J connectivity index is 2.02. The highest BCUT2D eigenvalue weighted by molar-refractivity contribution is 5.96. The van der Waals surface area contributed by atoms with Crippen molar-refractivity contribution in [1.29, 1.82) is 0 Å². The summed E-state index contributed by atoms with van der Waals surface area (Å²) in [5.74, 6) is -1.47. The van der Waals surface area contributed by atoms with Gasteiger partial charge in [-0.2, -0.15) is 0 Å². The van der Waals surface area contributed by atoms with E-state index >= 15 is 0 Å². The summed E-state index contributed by atoms with van der Waals surface area (Å²) < 4.78 is 0. The third kappa shape index (κ3) is 1.38. The van der Waals surface area contributed by atoms with Crippen LogP contribution in [-0.4, -0.2) is 34.5 Å². The van der Waals surface area contributed by atoms with E-state index in [-0.39, 0.29) is 5.91 Å². The number of carboxylic acid groups (broad SMARTS) is 1. The van der Waals surface area contributed by atoms with Gasteiger partial charge in [0.2, 0.25) is 5.91 Å². The van der Waals surface area contributed by atoms with Crippen LogP contribution in [0.25, 0.3) is 0 Å². The van der Waals surface area contributed by atoms with Crippen molar-refractivity contribution in [1.82, 2.24) is 4.90 Å². The Hall–Kier alpha value is -1.06.